The van der Waals surface area contributed by atoms with Crippen molar-refractivity contribution in [2.75, 3.05) is 20.2 Å². The van der Waals surface area contributed by atoms with Gasteiger partial charge in [-0.05, 0) is 79.6 Å². The Bertz CT molecular complexity index is 2220. The number of aromatic nitrogens is 1. The van der Waals surface area contributed by atoms with Crippen LogP contribution in [0, 0.1) is 0 Å². The maximum absolute atomic E-state index is 14.5. The topological polar surface area (TPSA) is 73.1 Å². The van der Waals surface area contributed by atoms with Crippen LogP contribution in [0.15, 0.2) is 99.9 Å². The minimum absolute atomic E-state index is 0.169. The molecule has 0 aliphatic carbocycles. The Balaban J connectivity index is 1.56. The standard InChI is InChI=1S/C37H33Cl2N3O4S/c1-5-41(6-2)36(44)32-22(3)40-37-42(34(32)33-28-13-8-7-11-24(28)14-16-30(33)45-4)35(43)31(47-37)20-25-19-27(39)15-17-29(25)46-21-23-10-9-12-26(38)18-23/h7-20,34H,5-6,21H2,1-4H3/b31-20+/t34-/m0/s1. The average molecular weight is 687 g/mol. The van der Waals surface area contributed by atoms with Crippen LogP contribution in [-0.4, -0.2) is 35.6 Å². The van der Waals surface area contributed by atoms with Crippen molar-refractivity contribution in [1.29, 1.82) is 0 Å². The molecule has 240 valence electrons. The maximum Gasteiger partial charge on any atom is 0.271 e. The number of hydrogen-bond donors (Lipinski definition) is 0. The first-order valence-corrected chi connectivity index (χ1v) is 16.9. The molecule has 47 heavy (non-hydrogen) atoms. The van der Waals surface area contributed by atoms with E-state index in [4.69, 9.17) is 37.7 Å². The molecule has 0 fully saturated rings. The molecule has 1 atom stereocenters. The third kappa shape index (κ3) is 6.33. The highest BCUT2D eigenvalue weighted by molar-refractivity contribution is 7.07. The van der Waals surface area contributed by atoms with Crippen LogP contribution < -0.4 is 24.4 Å². The van der Waals surface area contributed by atoms with Crippen molar-refractivity contribution < 1.29 is 14.3 Å². The molecule has 7 nitrogen and oxygen atoms in total. The number of thiazole rings is 1. The molecule has 10 heteroatoms. The lowest BCUT2D eigenvalue weighted by Crippen LogP contribution is -2.43. The van der Waals surface area contributed by atoms with Crippen LogP contribution in [-0.2, 0) is 11.4 Å². The predicted octanol–water partition coefficient (Wildman–Crippen LogP) is 7.15. The number of ether oxygens (including phenoxy) is 2. The van der Waals surface area contributed by atoms with Gasteiger partial charge in [-0.15, -0.1) is 0 Å². The summed E-state index contributed by atoms with van der Waals surface area (Å²) in [4.78, 5) is 35.8. The number of carbonyl (C=O) groups excluding carboxylic acids is 1. The number of methoxy groups -OCH3 is 1. The van der Waals surface area contributed by atoms with E-state index in [0.717, 1.165) is 21.9 Å². The number of carbonyl (C=O) groups is 1. The lowest BCUT2D eigenvalue weighted by molar-refractivity contribution is -0.127. The highest BCUT2D eigenvalue weighted by atomic mass is 35.5. The monoisotopic (exact) mass is 685 g/mol. The first-order chi connectivity index (χ1) is 22.7. The smallest absolute Gasteiger partial charge is 0.271 e. The van der Waals surface area contributed by atoms with Crippen LogP contribution in [0.5, 0.6) is 11.5 Å². The van der Waals surface area contributed by atoms with E-state index in [0.29, 0.717) is 60.8 Å². The van der Waals surface area contributed by atoms with Gasteiger partial charge in [0.25, 0.3) is 11.5 Å². The van der Waals surface area contributed by atoms with E-state index in [2.05, 4.69) is 0 Å². The van der Waals surface area contributed by atoms with Crippen molar-refractivity contribution in [3.8, 4) is 11.5 Å². The first kappa shape index (κ1) is 32.6. The molecule has 5 aromatic rings. The maximum atomic E-state index is 14.5. The molecule has 0 N–H and O–H groups in total. The molecule has 0 radical (unpaired) electrons. The highest BCUT2D eigenvalue weighted by Gasteiger charge is 2.36. The third-order valence-corrected chi connectivity index (χ3v) is 9.72. The van der Waals surface area contributed by atoms with Gasteiger partial charge in [0.15, 0.2) is 4.80 Å². The normalized spacial score (nSPS) is 14.6. The fourth-order valence-electron chi connectivity index (χ4n) is 5.98. The molecule has 1 aliphatic rings. The Labute approximate surface area is 286 Å². The summed E-state index contributed by atoms with van der Waals surface area (Å²) in [6.07, 6.45) is 1.77. The molecule has 1 aromatic heterocycles. The van der Waals surface area contributed by atoms with Crippen molar-refractivity contribution in [2.45, 2.75) is 33.4 Å². The Morgan fingerprint density at radius 1 is 0.979 bits per heavy atom. The van der Waals surface area contributed by atoms with Crippen molar-refractivity contribution >= 4 is 57.3 Å². The number of halogens is 2. The van der Waals surface area contributed by atoms with Crippen LogP contribution in [0.2, 0.25) is 10.0 Å². The van der Waals surface area contributed by atoms with Gasteiger partial charge in [0.05, 0.1) is 22.9 Å². The second kappa shape index (κ2) is 13.8. The van der Waals surface area contributed by atoms with E-state index in [1.165, 1.54) is 11.3 Å². The van der Waals surface area contributed by atoms with Crippen LogP contribution in [0.4, 0.5) is 0 Å². The zero-order valence-electron chi connectivity index (χ0n) is 26.4. The lowest BCUT2D eigenvalue weighted by Gasteiger charge is -2.30. The van der Waals surface area contributed by atoms with Gasteiger partial charge in [-0.3, -0.25) is 14.2 Å². The minimum Gasteiger partial charge on any atom is -0.496 e. The number of fused-ring (bicyclic) bond motifs is 2. The SMILES string of the molecule is CCN(CC)C(=O)C1=C(C)N=c2s/c(=C/c3cc(Cl)ccc3OCc3cccc(Cl)c3)c(=O)n2[C@@H]1c1c(OC)ccc2ccccc12. The summed E-state index contributed by atoms with van der Waals surface area (Å²) in [7, 11) is 1.60. The summed E-state index contributed by atoms with van der Waals surface area (Å²) in [6, 6.07) is 23.7. The highest BCUT2D eigenvalue weighted by Crippen LogP contribution is 2.40. The van der Waals surface area contributed by atoms with Gasteiger partial charge in [0.1, 0.15) is 24.1 Å². The summed E-state index contributed by atoms with van der Waals surface area (Å²) in [6.45, 7) is 7.03. The van der Waals surface area contributed by atoms with Gasteiger partial charge in [0, 0.05) is 34.3 Å². The van der Waals surface area contributed by atoms with E-state index in [-0.39, 0.29) is 18.1 Å². The lowest BCUT2D eigenvalue weighted by atomic mass is 9.90. The second-order valence-electron chi connectivity index (χ2n) is 11.1. The van der Waals surface area contributed by atoms with Crippen molar-refractivity contribution in [3.05, 3.63) is 137 Å². The van der Waals surface area contributed by atoms with Crippen LogP contribution in [0.25, 0.3) is 16.8 Å². The molecule has 0 spiro atoms. The van der Waals surface area contributed by atoms with Crippen LogP contribution in [0.3, 0.4) is 0 Å². The molecule has 6 rings (SSSR count). The summed E-state index contributed by atoms with van der Waals surface area (Å²) in [5, 5.41) is 2.98. The van der Waals surface area contributed by atoms with E-state index >= 15 is 0 Å². The molecule has 1 aliphatic heterocycles. The summed E-state index contributed by atoms with van der Waals surface area (Å²) in [5.41, 5.74) is 2.99. The van der Waals surface area contributed by atoms with Crippen molar-refractivity contribution in [2.24, 2.45) is 4.99 Å². The molecular formula is C37H33Cl2N3O4S. The Kier molecular flexibility index (Phi) is 9.55. The number of benzene rings is 4. The fraction of sp³-hybridized carbons (Fsp3) is 0.216. The van der Waals surface area contributed by atoms with E-state index in [9.17, 15) is 9.59 Å². The zero-order valence-corrected chi connectivity index (χ0v) is 28.7. The number of rotatable bonds is 9. The van der Waals surface area contributed by atoms with Gasteiger partial charge in [0.2, 0.25) is 0 Å². The minimum atomic E-state index is -0.777. The van der Waals surface area contributed by atoms with Gasteiger partial charge >= 0.3 is 0 Å². The summed E-state index contributed by atoms with van der Waals surface area (Å²) >= 11 is 13.9. The fourth-order valence-corrected chi connectivity index (χ4v) is 7.41. The molecular weight excluding hydrogens is 653 g/mol. The number of allylic oxidation sites excluding steroid dienone is 1. The number of hydrogen-bond acceptors (Lipinski definition) is 6. The Morgan fingerprint density at radius 2 is 1.72 bits per heavy atom. The van der Waals surface area contributed by atoms with Crippen LogP contribution >= 0.6 is 34.5 Å². The van der Waals surface area contributed by atoms with E-state index in [1.54, 1.807) is 40.9 Å². The molecule has 0 saturated heterocycles. The average Bonchev–Trinajstić information content (AvgIpc) is 3.37. The zero-order chi connectivity index (χ0) is 33.2. The Morgan fingerprint density at radius 3 is 2.47 bits per heavy atom. The molecule has 0 saturated carbocycles. The predicted molar refractivity (Wildman–Crippen MR) is 189 cm³/mol. The van der Waals surface area contributed by atoms with Gasteiger partial charge < -0.3 is 14.4 Å². The second-order valence-corrected chi connectivity index (χ2v) is 12.9. The van der Waals surface area contributed by atoms with Gasteiger partial charge in [-0.1, -0.05) is 77.0 Å². The molecule has 4 aromatic carbocycles. The van der Waals surface area contributed by atoms with Gasteiger partial charge in [-0.2, -0.15) is 0 Å². The number of likely N-dealkylation sites (N-methyl/N-ethyl adjacent to an activating group) is 1. The van der Waals surface area contributed by atoms with Crippen LogP contribution in [0.1, 0.15) is 43.5 Å². The molecule has 0 bridgehead atoms. The number of amides is 1. The van der Waals surface area contributed by atoms with Crippen molar-refractivity contribution in [3.63, 3.8) is 0 Å². The van der Waals surface area contributed by atoms with Crippen molar-refractivity contribution in [1.82, 2.24) is 9.47 Å². The van der Waals surface area contributed by atoms with E-state index in [1.807, 2.05) is 81.4 Å². The molecule has 2 heterocycles. The third-order valence-electron chi connectivity index (χ3n) is 8.27. The molecule has 1 amide bonds. The summed E-state index contributed by atoms with van der Waals surface area (Å²) < 4.78 is 14.1. The largest absolute Gasteiger partial charge is 0.496 e. The molecule has 0 unspecified atom stereocenters. The van der Waals surface area contributed by atoms with E-state index < -0.39 is 6.04 Å². The van der Waals surface area contributed by atoms with Gasteiger partial charge in [-0.25, -0.2) is 4.99 Å². The summed E-state index contributed by atoms with van der Waals surface area (Å²) in [5.74, 6) is 0.965. The Hall–Kier alpha value is -4.37. The quantitative estimate of drug-likeness (QED) is 0.165. The number of nitrogens with zero attached hydrogens (tertiary/aromatic N) is 3. The first-order valence-electron chi connectivity index (χ1n) is 15.3.